The van der Waals surface area contributed by atoms with Gasteiger partial charge in [-0.3, -0.25) is 0 Å². The molecule has 0 bridgehead atoms. The van der Waals surface area contributed by atoms with Crippen LogP contribution in [0, 0.1) is 5.82 Å². The van der Waals surface area contributed by atoms with E-state index in [-0.39, 0.29) is 11.6 Å². The molecular weight excluding hydrogens is 296 g/mol. The van der Waals surface area contributed by atoms with Gasteiger partial charge in [0.15, 0.2) is 0 Å². The molecule has 0 aliphatic rings. The van der Waals surface area contributed by atoms with Gasteiger partial charge in [-0.25, -0.2) is 4.39 Å². The number of hydrogen-bond donors (Lipinski definition) is 0. The van der Waals surface area contributed by atoms with Crippen LogP contribution in [0.1, 0.15) is 5.56 Å². The Morgan fingerprint density at radius 2 is 1.65 bits per heavy atom. The molecule has 0 saturated heterocycles. The Bertz CT molecular complexity index is 593. The molecule has 2 aromatic rings. The smallest absolute Gasteiger partial charge is 0.406 e. The summed E-state index contributed by atoms with van der Waals surface area (Å²) in [6, 6.07) is 9.64. The molecule has 6 heteroatoms. The Labute approximate surface area is 117 Å². The van der Waals surface area contributed by atoms with E-state index in [1.807, 2.05) is 0 Å². The van der Waals surface area contributed by atoms with E-state index in [9.17, 15) is 17.6 Å². The van der Waals surface area contributed by atoms with Gasteiger partial charge in [-0.1, -0.05) is 24.3 Å². The maximum atomic E-state index is 13.6. The molecule has 0 spiro atoms. The van der Waals surface area contributed by atoms with Crippen molar-refractivity contribution in [2.75, 3.05) is 0 Å². The molecule has 0 aromatic heterocycles. The number of benzene rings is 2. The van der Waals surface area contributed by atoms with Crippen LogP contribution < -0.4 is 4.74 Å². The zero-order chi connectivity index (χ0) is 14.8. The Morgan fingerprint density at radius 1 is 1.00 bits per heavy atom. The fourth-order valence-electron chi connectivity index (χ4n) is 1.80. The normalized spacial score (nSPS) is 11.4. The standard InChI is InChI=1S/C14H9ClF4O/c15-8-12-11(2-1-3-13(12)16)9-4-6-10(7-5-9)20-14(17,18)19/h1-7H,8H2. The molecule has 0 aliphatic carbocycles. The number of ether oxygens (including phenoxy) is 1. The summed E-state index contributed by atoms with van der Waals surface area (Å²) in [5.41, 5.74) is 1.41. The maximum Gasteiger partial charge on any atom is 0.573 e. The van der Waals surface area contributed by atoms with Crippen molar-refractivity contribution in [1.29, 1.82) is 0 Å². The van der Waals surface area contributed by atoms with E-state index < -0.39 is 12.2 Å². The van der Waals surface area contributed by atoms with Crippen molar-refractivity contribution in [2.45, 2.75) is 12.2 Å². The van der Waals surface area contributed by atoms with E-state index in [2.05, 4.69) is 4.74 Å². The van der Waals surface area contributed by atoms with E-state index in [1.165, 1.54) is 36.4 Å². The first-order chi connectivity index (χ1) is 9.40. The van der Waals surface area contributed by atoms with E-state index >= 15 is 0 Å². The number of alkyl halides is 4. The molecule has 1 nitrogen and oxygen atoms in total. The summed E-state index contributed by atoms with van der Waals surface area (Å²) in [6.45, 7) is 0. The minimum Gasteiger partial charge on any atom is -0.406 e. The summed E-state index contributed by atoms with van der Waals surface area (Å²) in [6.07, 6.45) is -4.73. The molecule has 106 valence electrons. The van der Waals surface area contributed by atoms with Gasteiger partial charge in [-0.2, -0.15) is 0 Å². The molecular formula is C14H9ClF4O. The fraction of sp³-hybridized carbons (Fsp3) is 0.143. The van der Waals surface area contributed by atoms with Crippen molar-refractivity contribution in [3.63, 3.8) is 0 Å². The van der Waals surface area contributed by atoms with Crippen LogP contribution in [0.3, 0.4) is 0 Å². The van der Waals surface area contributed by atoms with Crippen LogP contribution in [-0.4, -0.2) is 6.36 Å². The zero-order valence-electron chi connectivity index (χ0n) is 10.0. The van der Waals surface area contributed by atoms with Gasteiger partial charge in [0.2, 0.25) is 0 Å². The molecule has 0 N–H and O–H groups in total. The van der Waals surface area contributed by atoms with Gasteiger partial charge >= 0.3 is 6.36 Å². The number of hydrogen-bond acceptors (Lipinski definition) is 1. The van der Waals surface area contributed by atoms with E-state index in [4.69, 9.17) is 11.6 Å². The SMILES string of the molecule is Fc1cccc(-c2ccc(OC(F)(F)F)cc2)c1CCl. The van der Waals surface area contributed by atoms with Crippen molar-refractivity contribution in [3.05, 3.63) is 53.8 Å². The first-order valence-electron chi connectivity index (χ1n) is 5.60. The lowest BCUT2D eigenvalue weighted by Gasteiger charge is -2.11. The third-order valence-electron chi connectivity index (χ3n) is 2.65. The van der Waals surface area contributed by atoms with Crippen molar-refractivity contribution in [3.8, 4) is 16.9 Å². The Balaban J connectivity index is 2.33. The molecule has 2 aromatic carbocycles. The van der Waals surface area contributed by atoms with Crippen molar-refractivity contribution in [2.24, 2.45) is 0 Å². The second kappa shape index (κ2) is 5.71. The largest absolute Gasteiger partial charge is 0.573 e. The lowest BCUT2D eigenvalue weighted by molar-refractivity contribution is -0.274. The summed E-state index contributed by atoms with van der Waals surface area (Å²) in [4.78, 5) is 0. The molecule has 0 atom stereocenters. The van der Waals surface area contributed by atoms with Crippen LogP contribution in [0.4, 0.5) is 17.6 Å². The van der Waals surface area contributed by atoms with Crippen LogP contribution in [0.2, 0.25) is 0 Å². The van der Waals surface area contributed by atoms with Gasteiger partial charge in [0.25, 0.3) is 0 Å². The molecule has 0 radical (unpaired) electrons. The lowest BCUT2D eigenvalue weighted by Crippen LogP contribution is -2.16. The fourth-order valence-corrected chi connectivity index (χ4v) is 2.07. The van der Waals surface area contributed by atoms with Crippen molar-refractivity contribution >= 4 is 11.6 Å². The van der Waals surface area contributed by atoms with Crippen LogP contribution in [0.5, 0.6) is 5.75 Å². The number of halogens is 5. The Kier molecular flexibility index (Phi) is 4.18. The minimum absolute atomic E-state index is 0.0250. The molecule has 0 fully saturated rings. The highest BCUT2D eigenvalue weighted by atomic mass is 35.5. The summed E-state index contributed by atoms with van der Waals surface area (Å²) < 4.78 is 53.5. The summed E-state index contributed by atoms with van der Waals surface area (Å²) in [5.74, 6) is -0.804. The molecule has 0 unspecified atom stereocenters. The highest BCUT2D eigenvalue weighted by Crippen LogP contribution is 2.30. The average molecular weight is 305 g/mol. The third kappa shape index (κ3) is 3.42. The molecule has 0 heterocycles. The second-order valence-electron chi connectivity index (χ2n) is 3.97. The van der Waals surface area contributed by atoms with Gasteiger partial charge < -0.3 is 4.74 Å². The van der Waals surface area contributed by atoms with Crippen LogP contribution >= 0.6 is 11.6 Å². The molecule has 0 amide bonds. The highest BCUT2D eigenvalue weighted by Gasteiger charge is 2.30. The maximum absolute atomic E-state index is 13.6. The van der Waals surface area contributed by atoms with E-state index in [0.29, 0.717) is 16.7 Å². The van der Waals surface area contributed by atoms with Gasteiger partial charge in [-0.05, 0) is 29.3 Å². The van der Waals surface area contributed by atoms with Crippen molar-refractivity contribution < 1.29 is 22.3 Å². The van der Waals surface area contributed by atoms with E-state index in [1.54, 1.807) is 6.07 Å². The molecule has 20 heavy (non-hydrogen) atoms. The van der Waals surface area contributed by atoms with Crippen LogP contribution in [0.25, 0.3) is 11.1 Å². The van der Waals surface area contributed by atoms with E-state index in [0.717, 1.165) is 0 Å². The molecule has 2 rings (SSSR count). The molecule has 0 aliphatic heterocycles. The third-order valence-corrected chi connectivity index (χ3v) is 2.92. The van der Waals surface area contributed by atoms with Crippen molar-refractivity contribution in [1.82, 2.24) is 0 Å². The van der Waals surface area contributed by atoms with Gasteiger partial charge in [0.1, 0.15) is 11.6 Å². The van der Waals surface area contributed by atoms with Gasteiger partial charge in [0.05, 0.1) is 5.88 Å². The predicted molar refractivity (Wildman–Crippen MR) is 68.1 cm³/mol. The van der Waals surface area contributed by atoms with Crippen LogP contribution in [-0.2, 0) is 5.88 Å². The first-order valence-corrected chi connectivity index (χ1v) is 6.13. The highest BCUT2D eigenvalue weighted by molar-refractivity contribution is 6.17. The first kappa shape index (κ1) is 14.7. The van der Waals surface area contributed by atoms with Crippen LogP contribution in [0.15, 0.2) is 42.5 Å². The molecule has 0 saturated carbocycles. The monoisotopic (exact) mass is 304 g/mol. The van der Waals surface area contributed by atoms with Gasteiger partial charge in [-0.15, -0.1) is 24.8 Å². The number of rotatable bonds is 3. The lowest BCUT2D eigenvalue weighted by atomic mass is 10.0. The average Bonchev–Trinajstić information content (AvgIpc) is 2.37. The second-order valence-corrected chi connectivity index (χ2v) is 4.24. The minimum atomic E-state index is -4.73. The predicted octanol–water partition coefficient (Wildman–Crippen LogP) is 5.13. The summed E-state index contributed by atoms with van der Waals surface area (Å²) >= 11 is 5.69. The van der Waals surface area contributed by atoms with Gasteiger partial charge in [0, 0.05) is 5.56 Å². The topological polar surface area (TPSA) is 9.23 Å². The summed E-state index contributed by atoms with van der Waals surface area (Å²) in [7, 11) is 0. The Hall–Kier alpha value is -1.75. The summed E-state index contributed by atoms with van der Waals surface area (Å²) in [5, 5.41) is 0. The Morgan fingerprint density at radius 3 is 2.20 bits per heavy atom. The quantitative estimate of drug-likeness (QED) is 0.564. The zero-order valence-corrected chi connectivity index (χ0v) is 10.8.